The Kier molecular flexibility index (Phi) is 5.40. The molecule has 1 aliphatic heterocycles. The number of nitrogens with zero attached hydrogens (tertiary/aromatic N) is 6. The fourth-order valence-corrected chi connectivity index (χ4v) is 3.89. The summed E-state index contributed by atoms with van der Waals surface area (Å²) in [6.07, 6.45) is 0.443. The summed E-state index contributed by atoms with van der Waals surface area (Å²) in [7, 11) is 0. The van der Waals surface area contributed by atoms with E-state index in [2.05, 4.69) is 20.1 Å². The minimum absolute atomic E-state index is 0.00565. The molecular weight excluding hydrogens is 397 g/mol. The highest BCUT2D eigenvalue weighted by molar-refractivity contribution is 5.94. The second-order valence-corrected chi connectivity index (χ2v) is 7.38. The molecule has 0 spiro atoms. The van der Waals surface area contributed by atoms with Gasteiger partial charge in [-0.3, -0.25) is 9.78 Å². The van der Waals surface area contributed by atoms with Crippen molar-refractivity contribution in [3.8, 4) is 0 Å². The van der Waals surface area contributed by atoms with Gasteiger partial charge in [0, 0.05) is 24.7 Å². The fourth-order valence-electron chi connectivity index (χ4n) is 3.89. The van der Waals surface area contributed by atoms with E-state index < -0.39 is 18.1 Å². The Hall–Kier alpha value is -3.04. The molecule has 1 unspecified atom stereocenters. The van der Waals surface area contributed by atoms with Crippen molar-refractivity contribution in [1.82, 2.24) is 29.5 Å². The number of aromatic nitrogens is 5. The molecule has 30 heavy (non-hydrogen) atoms. The molecule has 1 saturated heterocycles. The number of hydrogen-bond acceptors (Lipinski definition) is 5. The van der Waals surface area contributed by atoms with Gasteiger partial charge in [-0.2, -0.15) is 10.1 Å². The van der Waals surface area contributed by atoms with Gasteiger partial charge in [0.05, 0.1) is 17.0 Å². The van der Waals surface area contributed by atoms with E-state index in [4.69, 9.17) is 0 Å². The van der Waals surface area contributed by atoms with E-state index in [9.17, 15) is 18.0 Å². The average molecular weight is 418 g/mol. The maximum absolute atomic E-state index is 14.6. The molecule has 1 amide bonds. The summed E-state index contributed by atoms with van der Waals surface area (Å²) < 4.78 is 42.6. The number of rotatable bonds is 4. The van der Waals surface area contributed by atoms with Crippen LogP contribution in [-0.4, -0.2) is 48.5 Å². The number of halogens is 3. The lowest BCUT2D eigenvalue weighted by molar-refractivity contribution is 0.0699. The van der Waals surface area contributed by atoms with Crippen molar-refractivity contribution in [3.05, 3.63) is 52.6 Å². The lowest BCUT2D eigenvalue weighted by atomic mass is 9.93. The van der Waals surface area contributed by atoms with Gasteiger partial charge in [0.1, 0.15) is 12.0 Å². The van der Waals surface area contributed by atoms with Gasteiger partial charge in [0.2, 0.25) is 0 Å². The van der Waals surface area contributed by atoms with Crippen LogP contribution in [-0.2, 0) is 6.42 Å². The molecule has 1 aliphatic rings. The Bertz CT molecular complexity index is 1100. The molecular formula is C20H21F3N6O. The molecule has 1 atom stereocenters. The number of hydrogen-bond donors (Lipinski definition) is 0. The third-order valence-electron chi connectivity index (χ3n) is 5.42. The number of piperidine rings is 1. The smallest absolute Gasteiger partial charge is 0.280 e. The van der Waals surface area contributed by atoms with E-state index in [1.165, 1.54) is 29.9 Å². The predicted octanol–water partition coefficient (Wildman–Crippen LogP) is 3.49. The molecule has 3 aromatic heterocycles. The Labute approximate surface area is 171 Å². The summed E-state index contributed by atoms with van der Waals surface area (Å²) >= 11 is 0. The van der Waals surface area contributed by atoms with E-state index in [0.29, 0.717) is 37.2 Å². The van der Waals surface area contributed by atoms with E-state index >= 15 is 0 Å². The van der Waals surface area contributed by atoms with Crippen LogP contribution in [0, 0.1) is 12.7 Å². The second kappa shape index (κ2) is 8.00. The number of likely N-dealkylation sites (tertiary alicyclic amines) is 1. The van der Waals surface area contributed by atoms with Gasteiger partial charge in [-0.25, -0.2) is 22.7 Å². The van der Waals surface area contributed by atoms with Gasteiger partial charge >= 0.3 is 0 Å². The maximum atomic E-state index is 14.6. The molecule has 10 heteroatoms. The Balaban J connectivity index is 1.66. The Morgan fingerprint density at radius 1 is 1.30 bits per heavy atom. The molecule has 0 bridgehead atoms. The highest BCUT2D eigenvalue weighted by Crippen LogP contribution is 2.30. The molecule has 4 heterocycles. The first-order chi connectivity index (χ1) is 14.4. The molecule has 0 saturated carbocycles. The van der Waals surface area contributed by atoms with Gasteiger partial charge in [0.25, 0.3) is 18.1 Å². The topological polar surface area (TPSA) is 76.3 Å². The van der Waals surface area contributed by atoms with Gasteiger partial charge in [-0.1, -0.05) is 6.92 Å². The summed E-state index contributed by atoms with van der Waals surface area (Å²) in [6, 6.07) is 2.81. The van der Waals surface area contributed by atoms with Crippen molar-refractivity contribution in [2.45, 2.75) is 45.5 Å². The molecule has 158 valence electrons. The standard InChI is InChI=1S/C20H21F3N6O/c1-3-13-7-14(17(21)11(2)26-13)19(30)28-6-4-5-12(9-28)16-8-15(18(22)23)27-20-24-10-25-29(16)20/h7-8,10,12,18H,3-6,9H2,1-2H3. The van der Waals surface area contributed by atoms with Crippen molar-refractivity contribution in [2.75, 3.05) is 13.1 Å². The van der Waals surface area contributed by atoms with Crippen molar-refractivity contribution < 1.29 is 18.0 Å². The zero-order valence-corrected chi connectivity index (χ0v) is 16.6. The van der Waals surface area contributed by atoms with Crippen LogP contribution in [0.2, 0.25) is 0 Å². The second-order valence-electron chi connectivity index (χ2n) is 7.38. The van der Waals surface area contributed by atoms with Gasteiger partial charge in [-0.15, -0.1) is 0 Å². The molecule has 4 rings (SSSR count). The predicted molar refractivity (Wildman–Crippen MR) is 102 cm³/mol. The number of amides is 1. The summed E-state index contributed by atoms with van der Waals surface area (Å²) in [5.74, 6) is -1.20. The lowest BCUT2D eigenvalue weighted by Crippen LogP contribution is -2.40. The van der Waals surface area contributed by atoms with E-state index in [1.807, 2.05) is 6.92 Å². The number of carbonyl (C=O) groups excluding carboxylic acids is 1. The van der Waals surface area contributed by atoms with Crippen molar-refractivity contribution >= 4 is 11.7 Å². The van der Waals surface area contributed by atoms with Crippen LogP contribution in [0.4, 0.5) is 13.2 Å². The summed E-state index contributed by atoms with van der Waals surface area (Å²) in [6.45, 7) is 4.15. The first-order valence-electron chi connectivity index (χ1n) is 9.83. The number of fused-ring (bicyclic) bond motifs is 1. The van der Waals surface area contributed by atoms with Crippen LogP contribution < -0.4 is 0 Å². The number of pyridine rings is 1. The van der Waals surface area contributed by atoms with Crippen LogP contribution in [0.3, 0.4) is 0 Å². The van der Waals surface area contributed by atoms with Crippen LogP contribution >= 0.6 is 0 Å². The van der Waals surface area contributed by atoms with Crippen molar-refractivity contribution in [1.29, 1.82) is 0 Å². The largest absolute Gasteiger partial charge is 0.338 e. The normalized spacial score (nSPS) is 17.1. The van der Waals surface area contributed by atoms with Crippen LogP contribution in [0.15, 0.2) is 18.5 Å². The SMILES string of the molecule is CCc1cc(C(=O)N2CCCC(c3cc(C(F)F)nc4ncnn34)C2)c(F)c(C)n1. The highest BCUT2D eigenvalue weighted by Gasteiger charge is 2.30. The van der Waals surface area contributed by atoms with Gasteiger partial charge < -0.3 is 4.90 Å². The average Bonchev–Trinajstić information content (AvgIpc) is 3.23. The van der Waals surface area contributed by atoms with Crippen molar-refractivity contribution in [3.63, 3.8) is 0 Å². The Morgan fingerprint density at radius 2 is 2.10 bits per heavy atom. The van der Waals surface area contributed by atoms with E-state index in [0.717, 1.165) is 0 Å². The quantitative estimate of drug-likeness (QED) is 0.648. The monoisotopic (exact) mass is 418 g/mol. The zero-order chi connectivity index (χ0) is 21.4. The highest BCUT2D eigenvalue weighted by atomic mass is 19.3. The molecule has 0 radical (unpaired) electrons. The molecule has 0 aliphatic carbocycles. The molecule has 7 nitrogen and oxygen atoms in total. The third kappa shape index (κ3) is 3.61. The zero-order valence-electron chi connectivity index (χ0n) is 16.6. The van der Waals surface area contributed by atoms with Crippen LogP contribution in [0.25, 0.3) is 5.78 Å². The summed E-state index contributed by atoms with van der Waals surface area (Å²) in [5.41, 5.74) is 0.967. The van der Waals surface area contributed by atoms with E-state index in [-0.39, 0.29) is 35.2 Å². The van der Waals surface area contributed by atoms with Crippen molar-refractivity contribution in [2.24, 2.45) is 0 Å². The number of carbonyl (C=O) groups is 1. The summed E-state index contributed by atoms with van der Waals surface area (Å²) in [5, 5.41) is 4.10. The third-order valence-corrected chi connectivity index (χ3v) is 5.42. The number of aryl methyl sites for hydroxylation is 2. The first-order valence-corrected chi connectivity index (χ1v) is 9.83. The molecule has 0 aromatic carbocycles. The van der Waals surface area contributed by atoms with Gasteiger partial charge in [0.15, 0.2) is 5.82 Å². The molecule has 0 N–H and O–H groups in total. The molecule has 1 fully saturated rings. The number of alkyl halides is 2. The van der Waals surface area contributed by atoms with Gasteiger partial charge in [-0.05, 0) is 38.3 Å². The fraction of sp³-hybridized carbons (Fsp3) is 0.450. The molecule has 3 aromatic rings. The minimum Gasteiger partial charge on any atom is -0.338 e. The maximum Gasteiger partial charge on any atom is 0.280 e. The lowest BCUT2D eigenvalue weighted by Gasteiger charge is -2.33. The van der Waals surface area contributed by atoms with Crippen LogP contribution in [0.1, 0.15) is 65.2 Å². The van der Waals surface area contributed by atoms with Crippen LogP contribution in [0.5, 0.6) is 0 Å². The van der Waals surface area contributed by atoms with E-state index in [1.54, 1.807) is 4.90 Å². The summed E-state index contributed by atoms with van der Waals surface area (Å²) in [4.78, 5) is 26.6. The Morgan fingerprint density at radius 3 is 2.83 bits per heavy atom. The minimum atomic E-state index is -2.74. The first kappa shape index (κ1) is 20.2.